The first kappa shape index (κ1) is 43.6. The monoisotopic (exact) mass is 1050 g/mol. The Morgan fingerprint density at radius 2 is 1.22 bits per heavy atom. The minimum atomic E-state index is 0. The molecule has 0 aliphatic carbocycles. The third-order valence-corrected chi connectivity index (χ3v) is 13.1. The van der Waals surface area contributed by atoms with Crippen molar-refractivity contribution in [2.24, 2.45) is 5.41 Å². The largest absolute Gasteiger partial charge is 0.510 e. The topological polar surface area (TPSA) is 35.9 Å². The van der Waals surface area contributed by atoms with Crippen molar-refractivity contribution < 1.29 is 30.4 Å². The molecule has 67 heavy (non-hydrogen) atoms. The Morgan fingerprint density at radius 3 is 1.91 bits per heavy atom. The molecule has 0 amide bonds. The predicted octanol–water partition coefficient (Wildman–Crippen LogP) is 15.0. The number of hydrogen-bond acceptors (Lipinski definition) is 2. The zero-order valence-corrected chi connectivity index (χ0v) is 40.3. The second-order valence-electron chi connectivity index (χ2n) is 18.2. The normalized spacial score (nSPS) is 12.1. The van der Waals surface area contributed by atoms with Crippen molar-refractivity contribution in [3.8, 4) is 62.1 Å². The Morgan fingerprint density at radius 1 is 0.582 bits per heavy atom. The van der Waals surface area contributed by atoms with E-state index in [1.165, 1.54) is 11.1 Å². The van der Waals surface area contributed by atoms with E-state index in [-0.39, 0.29) is 26.5 Å². The maximum Gasteiger partial charge on any atom is 0.268 e. The van der Waals surface area contributed by atoms with Crippen LogP contribution in [-0.2, 0) is 21.1 Å². The van der Waals surface area contributed by atoms with Crippen molar-refractivity contribution in [2.45, 2.75) is 40.5 Å². The Kier molecular flexibility index (Phi) is 11.6. The second kappa shape index (κ2) is 17.8. The fourth-order valence-corrected chi connectivity index (χ4v) is 9.25. The number of fused-ring (bicyclic) bond motifs is 4. The molecule has 330 valence electrons. The zero-order chi connectivity index (χ0) is 44.9. The molecule has 0 aliphatic heterocycles. The van der Waals surface area contributed by atoms with Crippen LogP contribution in [0.3, 0.4) is 0 Å². The maximum atomic E-state index is 6.74. The van der Waals surface area contributed by atoms with Crippen LogP contribution in [0.1, 0.15) is 44.7 Å². The van der Waals surface area contributed by atoms with Crippen LogP contribution in [0.4, 0.5) is 0 Å². The summed E-state index contributed by atoms with van der Waals surface area (Å²) < 4.78 is 13.3. The number of hydrogen-bond donors (Lipinski definition) is 0. The summed E-state index contributed by atoms with van der Waals surface area (Å²) in [6.45, 7) is 11.3. The van der Waals surface area contributed by atoms with Gasteiger partial charge in [0.1, 0.15) is 5.82 Å². The van der Waals surface area contributed by atoms with Crippen LogP contribution in [0.5, 0.6) is 11.5 Å². The SMILES string of the molecule is Cc1cccc2c1[n+](-c1c(-c3ccccc3)cccc1-c1ccccc1)[c-]n2-c1[c-]c(Oc2[c-]c3c(cc2)c2cc(-c4ccccc4)ccc2n3-c2cc(C(C)C(C)(C)C)ccn2)ccc1.[Pt]. The number of imidazole rings is 1. The quantitative estimate of drug-likeness (QED) is 0.107. The molecule has 5 nitrogen and oxygen atoms in total. The fourth-order valence-electron chi connectivity index (χ4n) is 9.25. The van der Waals surface area contributed by atoms with Crippen LogP contribution in [0.2, 0.25) is 0 Å². The average molecular weight is 1050 g/mol. The van der Waals surface area contributed by atoms with E-state index in [1.807, 2.05) is 24.4 Å². The van der Waals surface area contributed by atoms with Gasteiger partial charge in [0.25, 0.3) is 6.33 Å². The molecule has 0 aliphatic rings. The van der Waals surface area contributed by atoms with Crippen molar-refractivity contribution in [1.29, 1.82) is 0 Å². The van der Waals surface area contributed by atoms with Gasteiger partial charge in [-0.05, 0) is 92.0 Å². The molecule has 11 rings (SSSR count). The minimum absolute atomic E-state index is 0. The van der Waals surface area contributed by atoms with E-state index in [0.717, 1.165) is 83.4 Å². The molecule has 6 heteroatoms. The summed E-state index contributed by atoms with van der Waals surface area (Å²) in [5, 5.41) is 2.20. The summed E-state index contributed by atoms with van der Waals surface area (Å²) >= 11 is 0. The van der Waals surface area contributed by atoms with Gasteiger partial charge in [0.2, 0.25) is 0 Å². The number of benzene rings is 8. The van der Waals surface area contributed by atoms with Gasteiger partial charge in [0.05, 0.1) is 16.7 Å². The molecule has 0 radical (unpaired) electrons. The van der Waals surface area contributed by atoms with Gasteiger partial charge >= 0.3 is 0 Å². The Hall–Kier alpha value is -7.33. The summed E-state index contributed by atoms with van der Waals surface area (Å²) in [7, 11) is 0. The van der Waals surface area contributed by atoms with Crippen LogP contribution in [0.15, 0.2) is 194 Å². The van der Waals surface area contributed by atoms with Gasteiger partial charge in [-0.25, -0.2) is 4.98 Å². The zero-order valence-electron chi connectivity index (χ0n) is 38.1. The van der Waals surface area contributed by atoms with Crippen molar-refractivity contribution in [1.82, 2.24) is 14.1 Å². The number of ether oxygens (including phenoxy) is 1. The Balaban J connectivity index is 0.00000525. The molecule has 3 aromatic heterocycles. The van der Waals surface area contributed by atoms with Gasteiger partial charge < -0.3 is 13.9 Å². The van der Waals surface area contributed by atoms with Crippen LogP contribution in [0, 0.1) is 30.8 Å². The molecule has 1 atom stereocenters. The van der Waals surface area contributed by atoms with E-state index in [2.05, 4.69) is 237 Å². The molecule has 0 fully saturated rings. The van der Waals surface area contributed by atoms with Crippen LogP contribution in [0.25, 0.3) is 83.4 Å². The number of rotatable bonds is 9. The van der Waals surface area contributed by atoms with E-state index >= 15 is 0 Å². The third-order valence-electron chi connectivity index (χ3n) is 13.1. The number of nitrogens with zero attached hydrogens (tertiary/aromatic N) is 4. The number of aryl methyl sites for hydroxylation is 1. The van der Waals surface area contributed by atoms with Gasteiger partial charge in [-0.1, -0.05) is 173 Å². The van der Waals surface area contributed by atoms with Gasteiger partial charge in [-0.3, -0.25) is 4.57 Å². The fraction of sp³-hybridized carbons (Fsp3) is 0.115. The molecule has 8 aromatic carbocycles. The number of aromatic nitrogens is 4. The van der Waals surface area contributed by atoms with Crippen molar-refractivity contribution in [2.75, 3.05) is 0 Å². The van der Waals surface area contributed by atoms with Gasteiger partial charge in [-0.15, -0.1) is 29.7 Å². The van der Waals surface area contributed by atoms with Crippen molar-refractivity contribution >= 4 is 32.8 Å². The molecule has 3 heterocycles. The van der Waals surface area contributed by atoms with E-state index in [0.29, 0.717) is 17.4 Å². The summed E-state index contributed by atoms with van der Waals surface area (Å²) in [6.07, 6.45) is 5.74. The van der Waals surface area contributed by atoms with Gasteiger partial charge in [-0.2, -0.15) is 18.2 Å². The third kappa shape index (κ3) is 8.08. The molecule has 0 N–H and O–H groups in total. The first-order chi connectivity index (χ1) is 32.2. The van der Waals surface area contributed by atoms with Crippen molar-refractivity contribution in [3.05, 3.63) is 224 Å². The van der Waals surface area contributed by atoms with Crippen LogP contribution in [-0.4, -0.2) is 14.1 Å². The first-order valence-electron chi connectivity index (χ1n) is 22.6. The van der Waals surface area contributed by atoms with E-state index in [4.69, 9.17) is 9.72 Å². The predicted molar refractivity (Wildman–Crippen MR) is 269 cm³/mol. The maximum absolute atomic E-state index is 6.74. The van der Waals surface area contributed by atoms with E-state index < -0.39 is 0 Å². The minimum Gasteiger partial charge on any atom is -0.510 e. The molecule has 0 bridgehead atoms. The summed E-state index contributed by atoms with van der Waals surface area (Å²) in [5.41, 5.74) is 15.2. The standard InChI is InChI=1S/C61H48N4O.Pt/c1-41-18-15-29-56-59(41)64(60-51(44-21-11-7-12-22-44)27-17-28-52(60)45-23-13-8-14-24-45)40-63(56)48-25-16-26-49(38-48)66-50-31-32-53-54-36-47(43-19-9-6-10-20-43)30-33-55(54)65(57(53)39-50)58-37-46(34-35-62-58)42(2)61(3,4)5;/h6-37,42H,1-5H3;/q-2;. The summed E-state index contributed by atoms with van der Waals surface area (Å²) in [5.74, 6) is 2.32. The van der Waals surface area contributed by atoms with Gasteiger partial charge in [0, 0.05) is 44.3 Å². The molecule has 0 saturated heterocycles. The van der Waals surface area contributed by atoms with Crippen LogP contribution >= 0.6 is 0 Å². The summed E-state index contributed by atoms with van der Waals surface area (Å²) in [6, 6.07) is 73.2. The smallest absolute Gasteiger partial charge is 0.268 e. The Bertz CT molecular complexity index is 3510. The van der Waals surface area contributed by atoms with Gasteiger partial charge in [0.15, 0.2) is 0 Å². The van der Waals surface area contributed by atoms with E-state index in [1.54, 1.807) is 0 Å². The van der Waals surface area contributed by atoms with Crippen molar-refractivity contribution in [3.63, 3.8) is 0 Å². The van der Waals surface area contributed by atoms with Crippen LogP contribution < -0.4 is 9.30 Å². The molecule has 11 aromatic rings. The molecular formula is C61H48N4OPt-2. The average Bonchev–Trinajstić information content (AvgIpc) is 3.90. The summed E-state index contributed by atoms with van der Waals surface area (Å²) in [4.78, 5) is 4.97. The van der Waals surface area contributed by atoms with E-state index in [9.17, 15) is 0 Å². The molecular weight excluding hydrogens is 1000 g/mol. The Labute approximate surface area is 406 Å². The molecule has 0 saturated carbocycles. The number of pyridine rings is 1. The molecule has 0 spiro atoms. The first-order valence-corrected chi connectivity index (χ1v) is 22.6. The number of para-hydroxylation sites is 2. The second-order valence-corrected chi connectivity index (χ2v) is 18.2. The molecule has 1 unspecified atom stereocenters.